The van der Waals surface area contributed by atoms with E-state index in [2.05, 4.69) is 28.9 Å². The largest absolute Gasteiger partial charge is 0.289 e. The first kappa shape index (κ1) is 13.8. The van der Waals surface area contributed by atoms with E-state index in [0.717, 1.165) is 16.5 Å². The van der Waals surface area contributed by atoms with Crippen molar-refractivity contribution in [1.82, 2.24) is 0 Å². The predicted molar refractivity (Wildman–Crippen MR) is 83.3 cm³/mol. The number of aryl methyl sites for hydroxylation is 1. The molecule has 0 saturated heterocycles. The molecule has 0 aliphatic carbocycles. The van der Waals surface area contributed by atoms with Gasteiger partial charge in [-0.05, 0) is 47.9 Å². The molecule has 1 nitrogen and oxygen atoms in total. The topological polar surface area (TPSA) is 17.1 Å². The molecular formula is C17H15BrO. The molecule has 0 aromatic heterocycles. The molecule has 0 saturated carbocycles. The van der Waals surface area contributed by atoms with Gasteiger partial charge in [0.25, 0.3) is 0 Å². The van der Waals surface area contributed by atoms with Crippen LogP contribution in [0.15, 0.2) is 59.1 Å². The molecule has 0 heterocycles. The highest BCUT2D eigenvalue weighted by Gasteiger charge is 2.01. The molecule has 19 heavy (non-hydrogen) atoms. The van der Waals surface area contributed by atoms with Crippen LogP contribution in [0.2, 0.25) is 0 Å². The van der Waals surface area contributed by atoms with Gasteiger partial charge in [-0.2, -0.15) is 0 Å². The van der Waals surface area contributed by atoms with Gasteiger partial charge in [0.2, 0.25) is 0 Å². The number of rotatable bonds is 4. The standard InChI is InChI=1S/C17H15BrO/c1-2-13-5-3-4-6-14(13)9-12-17(19)15-7-10-16(18)11-8-15/h3-12H,2H2,1H3. The SMILES string of the molecule is CCc1ccccc1C=CC(=O)c1ccc(Br)cc1. The van der Waals surface area contributed by atoms with Crippen molar-refractivity contribution in [3.63, 3.8) is 0 Å². The first-order chi connectivity index (χ1) is 9.20. The Balaban J connectivity index is 2.18. The molecule has 96 valence electrons. The maximum absolute atomic E-state index is 12.0. The quantitative estimate of drug-likeness (QED) is 0.579. The molecule has 0 atom stereocenters. The van der Waals surface area contributed by atoms with Crippen LogP contribution in [0.5, 0.6) is 0 Å². The van der Waals surface area contributed by atoms with Crippen LogP contribution in [0.4, 0.5) is 0 Å². The van der Waals surface area contributed by atoms with Gasteiger partial charge in [-0.3, -0.25) is 4.79 Å². The highest BCUT2D eigenvalue weighted by molar-refractivity contribution is 9.10. The molecule has 0 amide bonds. The van der Waals surface area contributed by atoms with Crippen molar-refractivity contribution >= 4 is 27.8 Å². The summed E-state index contributed by atoms with van der Waals surface area (Å²) >= 11 is 3.36. The fraction of sp³-hybridized carbons (Fsp3) is 0.118. The Morgan fingerprint density at radius 1 is 1.11 bits per heavy atom. The Kier molecular flexibility index (Phi) is 4.69. The predicted octanol–water partition coefficient (Wildman–Crippen LogP) is 4.91. The maximum atomic E-state index is 12.0. The van der Waals surface area contributed by atoms with Crippen molar-refractivity contribution < 1.29 is 4.79 Å². The monoisotopic (exact) mass is 314 g/mol. The normalized spacial score (nSPS) is 10.8. The number of hydrogen-bond acceptors (Lipinski definition) is 1. The summed E-state index contributed by atoms with van der Waals surface area (Å²) in [6, 6.07) is 15.5. The second-order valence-corrected chi connectivity index (χ2v) is 5.17. The molecule has 0 aliphatic heterocycles. The zero-order valence-corrected chi connectivity index (χ0v) is 12.4. The van der Waals surface area contributed by atoms with Crippen LogP contribution in [-0.2, 0) is 6.42 Å². The van der Waals surface area contributed by atoms with E-state index in [9.17, 15) is 4.79 Å². The lowest BCUT2D eigenvalue weighted by atomic mass is 10.0. The Bertz CT molecular complexity index is 597. The van der Waals surface area contributed by atoms with E-state index in [-0.39, 0.29) is 5.78 Å². The Hall–Kier alpha value is -1.67. The number of allylic oxidation sites excluding steroid dienone is 1. The summed E-state index contributed by atoms with van der Waals surface area (Å²) in [5.41, 5.74) is 3.06. The van der Waals surface area contributed by atoms with Crippen molar-refractivity contribution in [2.24, 2.45) is 0 Å². The number of hydrogen-bond donors (Lipinski definition) is 0. The number of ketones is 1. The Morgan fingerprint density at radius 2 is 1.79 bits per heavy atom. The van der Waals surface area contributed by atoms with E-state index in [1.54, 1.807) is 6.08 Å². The number of benzene rings is 2. The molecular weight excluding hydrogens is 300 g/mol. The summed E-state index contributed by atoms with van der Waals surface area (Å²) in [5.74, 6) is 0.0263. The fourth-order valence-electron chi connectivity index (χ4n) is 1.89. The second-order valence-electron chi connectivity index (χ2n) is 4.26. The molecule has 0 aliphatic rings. The summed E-state index contributed by atoms with van der Waals surface area (Å²) < 4.78 is 0.976. The minimum Gasteiger partial charge on any atom is -0.289 e. The third-order valence-corrected chi connectivity index (χ3v) is 3.51. The summed E-state index contributed by atoms with van der Waals surface area (Å²) in [6.45, 7) is 2.11. The smallest absolute Gasteiger partial charge is 0.185 e. The van der Waals surface area contributed by atoms with E-state index < -0.39 is 0 Å². The van der Waals surface area contributed by atoms with Crippen LogP contribution in [0.3, 0.4) is 0 Å². The van der Waals surface area contributed by atoms with Crippen LogP contribution >= 0.6 is 15.9 Å². The Morgan fingerprint density at radius 3 is 2.47 bits per heavy atom. The molecule has 2 aromatic carbocycles. The van der Waals surface area contributed by atoms with Gasteiger partial charge >= 0.3 is 0 Å². The maximum Gasteiger partial charge on any atom is 0.185 e. The van der Waals surface area contributed by atoms with E-state index in [4.69, 9.17) is 0 Å². The fourth-order valence-corrected chi connectivity index (χ4v) is 2.16. The van der Waals surface area contributed by atoms with Gasteiger partial charge in [-0.25, -0.2) is 0 Å². The lowest BCUT2D eigenvalue weighted by Gasteiger charge is -2.02. The minimum atomic E-state index is 0.0263. The Labute approximate surface area is 122 Å². The van der Waals surface area contributed by atoms with Crippen LogP contribution in [0.1, 0.15) is 28.4 Å². The molecule has 0 radical (unpaired) electrons. The van der Waals surface area contributed by atoms with Crippen LogP contribution in [-0.4, -0.2) is 5.78 Å². The number of carbonyl (C=O) groups excluding carboxylic acids is 1. The third kappa shape index (κ3) is 3.65. The van der Waals surface area contributed by atoms with E-state index in [0.29, 0.717) is 5.56 Å². The van der Waals surface area contributed by atoms with Crippen LogP contribution < -0.4 is 0 Å². The van der Waals surface area contributed by atoms with Gasteiger partial charge in [0.05, 0.1) is 0 Å². The minimum absolute atomic E-state index is 0.0263. The highest BCUT2D eigenvalue weighted by atomic mass is 79.9. The van der Waals surface area contributed by atoms with E-state index in [1.165, 1.54) is 5.56 Å². The molecule has 0 bridgehead atoms. The average Bonchev–Trinajstić information content (AvgIpc) is 2.45. The molecule has 0 fully saturated rings. The van der Waals surface area contributed by atoms with Gasteiger partial charge in [0.1, 0.15) is 0 Å². The molecule has 0 unspecified atom stereocenters. The summed E-state index contributed by atoms with van der Waals surface area (Å²) in [5, 5.41) is 0. The first-order valence-corrected chi connectivity index (χ1v) is 7.06. The van der Waals surface area contributed by atoms with Gasteiger partial charge in [-0.1, -0.05) is 53.2 Å². The third-order valence-electron chi connectivity index (χ3n) is 2.98. The van der Waals surface area contributed by atoms with E-state index >= 15 is 0 Å². The number of carbonyl (C=O) groups is 1. The average molecular weight is 315 g/mol. The molecule has 2 heteroatoms. The zero-order chi connectivity index (χ0) is 13.7. The second kappa shape index (κ2) is 6.48. The van der Waals surface area contributed by atoms with Crippen molar-refractivity contribution in [2.45, 2.75) is 13.3 Å². The molecule has 2 aromatic rings. The first-order valence-electron chi connectivity index (χ1n) is 6.26. The van der Waals surface area contributed by atoms with Gasteiger partial charge in [-0.15, -0.1) is 0 Å². The highest BCUT2D eigenvalue weighted by Crippen LogP contribution is 2.14. The van der Waals surface area contributed by atoms with Crippen LogP contribution in [0, 0.1) is 0 Å². The van der Waals surface area contributed by atoms with Crippen molar-refractivity contribution in [3.05, 3.63) is 75.8 Å². The molecule has 0 N–H and O–H groups in total. The summed E-state index contributed by atoms with van der Waals surface area (Å²) in [6.07, 6.45) is 4.49. The lowest BCUT2D eigenvalue weighted by Crippen LogP contribution is -1.94. The summed E-state index contributed by atoms with van der Waals surface area (Å²) in [4.78, 5) is 12.0. The molecule has 2 rings (SSSR count). The molecule has 0 spiro atoms. The van der Waals surface area contributed by atoms with E-state index in [1.807, 2.05) is 48.5 Å². The zero-order valence-electron chi connectivity index (χ0n) is 10.8. The van der Waals surface area contributed by atoms with Crippen molar-refractivity contribution in [1.29, 1.82) is 0 Å². The summed E-state index contributed by atoms with van der Waals surface area (Å²) in [7, 11) is 0. The van der Waals surface area contributed by atoms with Crippen molar-refractivity contribution in [3.8, 4) is 0 Å². The van der Waals surface area contributed by atoms with Crippen LogP contribution in [0.25, 0.3) is 6.08 Å². The van der Waals surface area contributed by atoms with Crippen molar-refractivity contribution in [2.75, 3.05) is 0 Å². The van der Waals surface area contributed by atoms with Gasteiger partial charge < -0.3 is 0 Å². The lowest BCUT2D eigenvalue weighted by molar-refractivity contribution is 0.104. The number of halogens is 1. The van der Waals surface area contributed by atoms with Gasteiger partial charge in [0.15, 0.2) is 5.78 Å². The van der Waals surface area contributed by atoms with Gasteiger partial charge in [0, 0.05) is 10.0 Å².